The first-order chi connectivity index (χ1) is 6.43. The van der Waals surface area contributed by atoms with Gasteiger partial charge >= 0.3 is 11.9 Å². The Morgan fingerprint density at radius 2 is 1.71 bits per heavy atom. The molecule has 0 aliphatic heterocycles. The Hall–Kier alpha value is -1.24. The van der Waals surface area contributed by atoms with Gasteiger partial charge in [-0.05, 0) is 0 Å². The summed E-state index contributed by atoms with van der Waals surface area (Å²) >= 11 is 0.941. The number of carboxylic acid groups (broad SMARTS) is 2. The highest BCUT2D eigenvalue weighted by molar-refractivity contribution is 8.00. The van der Waals surface area contributed by atoms with Crippen LogP contribution in [0.1, 0.15) is 0 Å². The van der Waals surface area contributed by atoms with E-state index >= 15 is 0 Å². The van der Waals surface area contributed by atoms with Gasteiger partial charge in [-0.15, -0.1) is 11.8 Å². The average molecular weight is 221 g/mol. The summed E-state index contributed by atoms with van der Waals surface area (Å²) < 4.78 is 0. The van der Waals surface area contributed by atoms with Gasteiger partial charge < -0.3 is 15.1 Å². The van der Waals surface area contributed by atoms with Gasteiger partial charge in [-0.1, -0.05) is 0 Å². The minimum absolute atomic E-state index is 0.0178. The van der Waals surface area contributed by atoms with E-state index in [0.717, 1.165) is 16.7 Å². The summed E-state index contributed by atoms with van der Waals surface area (Å²) in [6.07, 6.45) is 0. The van der Waals surface area contributed by atoms with E-state index in [-0.39, 0.29) is 18.1 Å². The zero-order valence-corrected chi connectivity index (χ0v) is 8.41. The van der Waals surface area contributed by atoms with Crippen molar-refractivity contribution >= 4 is 29.6 Å². The lowest BCUT2D eigenvalue weighted by molar-refractivity contribution is -0.142. The standard InChI is InChI=1S/C7H11NO5S/c1-8(2-6(10)11)5(9)3-14-4-7(12)13/h2-4H2,1H3,(H,10,11)(H,12,13). The molecular formula is C7H11NO5S. The van der Waals surface area contributed by atoms with Crippen LogP contribution in [-0.2, 0) is 14.4 Å². The van der Waals surface area contributed by atoms with Crippen molar-refractivity contribution < 1.29 is 24.6 Å². The summed E-state index contributed by atoms with van der Waals surface area (Å²) in [5, 5.41) is 16.6. The van der Waals surface area contributed by atoms with Crippen LogP contribution >= 0.6 is 11.8 Å². The number of likely N-dealkylation sites (N-methyl/N-ethyl adjacent to an activating group) is 1. The van der Waals surface area contributed by atoms with Gasteiger partial charge in [0.1, 0.15) is 6.54 Å². The molecule has 0 aromatic heterocycles. The summed E-state index contributed by atoms with van der Waals surface area (Å²) in [7, 11) is 1.36. The number of aliphatic carboxylic acids is 2. The van der Waals surface area contributed by atoms with E-state index in [2.05, 4.69) is 0 Å². The van der Waals surface area contributed by atoms with Crippen molar-refractivity contribution in [2.45, 2.75) is 0 Å². The van der Waals surface area contributed by atoms with E-state index in [4.69, 9.17) is 10.2 Å². The largest absolute Gasteiger partial charge is 0.481 e. The number of nitrogens with zero attached hydrogens (tertiary/aromatic N) is 1. The number of carbonyl (C=O) groups excluding carboxylic acids is 1. The lowest BCUT2D eigenvalue weighted by Gasteiger charge is -2.13. The number of rotatable bonds is 6. The number of thioether (sulfide) groups is 1. The summed E-state index contributed by atoms with van der Waals surface area (Å²) in [5.74, 6) is -2.66. The fourth-order valence-electron chi connectivity index (χ4n) is 0.627. The van der Waals surface area contributed by atoms with Gasteiger partial charge in [-0.25, -0.2) is 0 Å². The minimum atomic E-state index is -1.09. The molecule has 80 valence electrons. The fourth-order valence-corrected chi connectivity index (χ4v) is 1.30. The molecule has 6 nitrogen and oxygen atoms in total. The second kappa shape index (κ2) is 6.25. The molecule has 0 aromatic carbocycles. The molecule has 2 N–H and O–H groups in total. The fraction of sp³-hybridized carbons (Fsp3) is 0.571. The molecule has 0 spiro atoms. The van der Waals surface area contributed by atoms with Crippen molar-refractivity contribution in [2.75, 3.05) is 25.1 Å². The predicted octanol–water partition coefficient (Wildman–Crippen LogP) is -0.653. The normalized spacial score (nSPS) is 9.50. The topological polar surface area (TPSA) is 94.9 Å². The lowest BCUT2D eigenvalue weighted by atomic mass is 10.5. The van der Waals surface area contributed by atoms with Crippen LogP contribution in [-0.4, -0.2) is 58.1 Å². The molecule has 0 aromatic rings. The molecule has 0 fully saturated rings. The maximum absolute atomic E-state index is 11.1. The highest BCUT2D eigenvalue weighted by Crippen LogP contribution is 2.01. The molecular weight excluding hydrogens is 210 g/mol. The van der Waals surface area contributed by atoms with Crippen molar-refractivity contribution in [3.05, 3.63) is 0 Å². The number of hydrogen-bond donors (Lipinski definition) is 2. The summed E-state index contributed by atoms with van der Waals surface area (Å²) in [4.78, 5) is 32.4. The van der Waals surface area contributed by atoms with Crippen molar-refractivity contribution in [3.8, 4) is 0 Å². The van der Waals surface area contributed by atoms with Gasteiger partial charge in [0.25, 0.3) is 0 Å². The third-order valence-corrected chi connectivity index (χ3v) is 2.15. The Morgan fingerprint density at radius 1 is 1.14 bits per heavy atom. The van der Waals surface area contributed by atoms with Gasteiger partial charge in [0, 0.05) is 7.05 Å². The van der Waals surface area contributed by atoms with Crippen molar-refractivity contribution in [2.24, 2.45) is 0 Å². The molecule has 14 heavy (non-hydrogen) atoms. The zero-order chi connectivity index (χ0) is 11.1. The van der Waals surface area contributed by atoms with E-state index in [1.165, 1.54) is 7.05 Å². The lowest BCUT2D eigenvalue weighted by Crippen LogP contribution is -2.33. The third kappa shape index (κ3) is 6.30. The van der Waals surface area contributed by atoms with Gasteiger partial charge in [0.05, 0.1) is 11.5 Å². The number of hydrogen-bond acceptors (Lipinski definition) is 4. The molecule has 0 bridgehead atoms. The highest BCUT2D eigenvalue weighted by Gasteiger charge is 2.12. The summed E-state index contributed by atoms with van der Waals surface area (Å²) in [6.45, 7) is -0.369. The maximum atomic E-state index is 11.1. The van der Waals surface area contributed by atoms with Crippen LogP contribution in [0.4, 0.5) is 0 Å². The molecule has 0 rings (SSSR count). The molecule has 0 radical (unpaired) electrons. The van der Waals surface area contributed by atoms with Gasteiger partial charge in [-0.3, -0.25) is 14.4 Å². The van der Waals surface area contributed by atoms with Crippen LogP contribution in [0.15, 0.2) is 0 Å². The first kappa shape index (κ1) is 12.8. The van der Waals surface area contributed by atoms with Gasteiger partial charge in [0.15, 0.2) is 0 Å². The Bertz CT molecular complexity index is 242. The summed E-state index contributed by atoms with van der Waals surface area (Å²) in [6, 6.07) is 0. The Morgan fingerprint density at radius 3 is 2.14 bits per heavy atom. The third-order valence-electron chi connectivity index (χ3n) is 1.25. The van der Waals surface area contributed by atoms with Crippen LogP contribution in [0, 0.1) is 0 Å². The first-order valence-corrected chi connectivity index (χ1v) is 4.84. The molecule has 0 unspecified atom stereocenters. The number of carboxylic acids is 2. The molecule has 0 aliphatic rings. The second-order valence-electron chi connectivity index (χ2n) is 2.53. The molecule has 1 amide bonds. The Kier molecular flexibility index (Phi) is 5.70. The summed E-state index contributed by atoms with van der Waals surface area (Å²) in [5.41, 5.74) is 0. The van der Waals surface area contributed by atoms with E-state index in [0.29, 0.717) is 0 Å². The predicted molar refractivity (Wildman–Crippen MR) is 50.2 cm³/mol. The Balaban J connectivity index is 3.73. The van der Waals surface area contributed by atoms with Crippen LogP contribution in [0.5, 0.6) is 0 Å². The van der Waals surface area contributed by atoms with Crippen molar-refractivity contribution in [3.63, 3.8) is 0 Å². The highest BCUT2D eigenvalue weighted by atomic mass is 32.2. The minimum Gasteiger partial charge on any atom is -0.481 e. The van der Waals surface area contributed by atoms with E-state index in [1.54, 1.807) is 0 Å². The molecule has 0 saturated carbocycles. The monoisotopic (exact) mass is 221 g/mol. The zero-order valence-electron chi connectivity index (χ0n) is 7.60. The van der Waals surface area contributed by atoms with Gasteiger partial charge in [-0.2, -0.15) is 0 Å². The smallest absolute Gasteiger partial charge is 0.323 e. The molecule has 0 heterocycles. The van der Waals surface area contributed by atoms with Crippen LogP contribution in [0.2, 0.25) is 0 Å². The molecule has 0 saturated heterocycles. The second-order valence-corrected chi connectivity index (χ2v) is 3.52. The molecule has 0 aliphatic carbocycles. The van der Waals surface area contributed by atoms with E-state index in [9.17, 15) is 14.4 Å². The number of carbonyl (C=O) groups is 3. The first-order valence-electron chi connectivity index (χ1n) is 3.68. The van der Waals surface area contributed by atoms with Crippen molar-refractivity contribution in [1.82, 2.24) is 4.90 Å². The molecule has 7 heteroatoms. The quantitative estimate of drug-likeness (QED) is 0.618. The van der Waals surface area contributed by atoms with Gasteiger partial charge in [0.2, 0.25) is 5.91 Å². The maximum Gasteiger partial charge on any atom is 0.323 e. The number of amides is 1. The van der Waals surface area contributed by atoms with Crippen LogP contribution in [0.3, 0.4) is 0 Å². The van der Waals surface area contributed by atoms with Crippen LogP contribution in [0.25, 0.3) is 0 Å². The van der Waals surface area contributed by atoms with Crippen LogP contribution < -0.4 is 0 Å². The average Bonchev–Trinajstić information content (AvgIpc) is 2.01. The van der Waals surface area contributed by atoms with Crippen molar-refractivity contribution in [1.29, 1.82) is 0 Å². The Labute approximate surface area is 84.9 Å². The van der Waals surface area contributed by atoms with E-state index in [1.807, 2.05) is 0 Å². The van der Waals surface area contributed by atoms with E-state index < -0.39 is 17.8 Å². The molecule has 0 atom stereocenters. The SMILES string of the molecule is CN(CC(=O)O)C(=O)CSCC(=O)O.